The Labute approximate surface area is 184 Å². The predicted molar refractivity (Wildman–Crippen MR) is 116 cm³/mol. The Morgan fingerprint density at radius 2 is 2.07 bits per heavy atom. The first-order chi connectivity index (χ1) is 13.8. The Balaban J connectivity index is 2.19. The van der Waals surface area contributed by atoms with Gasteiger partial charge in [-0.15, -0.1) is 11.8 Å². The molecule has 0 aliphatic rings. The van der Waals surface area contributed by atoms with Crippen molar-refractivity contribution in [3.8, 4) is 22.1 Å². The molecular formula is C19H19BrFN3O3S2. The first-order valence-corrected chi connectivity index (χ1v) is 11.1. The Kier molecular flexibility index (Phi) is 6.65. The zero-order valence-corrected chi connectivity index (χ0v) is 19.7. The first-order valence-electron chi connectivity index (χ1n) is 8.62. The number of thiazole rings is 1. The van der Waals surface area contributed by atoms with Gasteiger partial charge in [0.25, 0.3) is 0 Å². The minimum absolute atomic E-state index is 0.144. The van der Waals surface area contributed by atoms with Crippen molar-refractivity contribution < 1.29 is 18.7 Å². The lowest BCUT2D eigenvalue weighted by atomic mass is 10.1. The molecule has 2 aromatic heterocycles. The predicted octanol–water partition coefficient (Wildman–Crippen LogP) is 5.50. The molecule has 0 amide bonds. The number of rotatable bonds is 6. The fourth-order valence-electron chi connectivity index (χ4n) is 2.59. The van der Waals surface area contributed by atoms with Crippen LogP contribution in [0.25, 0.3) is 16.4 Å². The number of carbonyl (C=O) groups excluding carboxylic acids is 1. The molecule has 0 atom stereocenters. The molecule has 0 radical (unpaired) electrons. The van der Waals surface area contributed by atoms with Crippen molar-refractivity contribution >= 4 is 45.0 Å². The van der Waals surface area contributed by atoms with Crippen molar-refractivity contribution in [2.45, 2.75) is 30.2 Å². The fourth-order valence-corrected chi connectivity index (χ4v) is 5.48. The van der Waals surface area contributed by atoms with E-state index in [9.17, 15) is 9.18 Å². The summed E-state index contributed by atoms with van der Waals surface area (Å²) in [7, 11) is 2.74. The lowest BCUT2D eigenvalue weighted by Gasteiger charge is -2.07. The Morgan fingerprint density at radius 3 is 2.69 bits per heavy atom. The van der Waals surface area contributed by atoms with E-state index >= 15 is 0 Å². The molecule has 0 saturated heterocycles. The van der Waals surface area contributed by atoms with Crippen LogP contribution in [0, 0.1) is 12.7 Å². The van der Waals surface area contributed by atoms with Crippen molar-refractivity contribution in [1.82, 2.24) is 14.8 Å². The number of carbonyl (C=O) groups is 1. The average molecular weight is 500 g/mol. The van der Waals surface area contributed by atoms with Gasteiger partial charge in [0, 0.05) is 10.8 Å². The summed E-state index contributed by atoms with van der Waals surface area (Å²) in [4.78, 5) is 17.0. The zero-order chi connectivity index (χ0) is 21.3. The third-order valence-corrected chi connectivity index (χ3v) is 7.09. The molecule has 1 aromatic carbocycles. The molecule has 6 nitrogen and oxygen atoms in total. The third-order valence-electron chi connectivity index (χ3n) is 3.90. The highest BCUT2D eigenvalue weighted by atomic mass is 79.9. The van der Waals surface area contributed by atoms with Crippen molar-refractivity contribution in [3.05, 3.63) is 39.9 Å². The molecule has 2 heterocycles. The molecule has 0 aliphatic carbocycles. The Hall–Kier alpha value is -1.91. The molecule has 154 valence electrons. The van der Waals surface area contributed by atoms with Crippen LogP contribution in [0.4, 0.5) is 4.39 Å². The van der Waals surface area contributed by atoms with Crippen molar-refractivity contribution in [1.29, 1.82) is 0 Å². The average Bonchev–Trinajstić information content (AvgIpc) is 3.22. The quantitative estimate of drug-likeness (QED) is 0.329. The van der Waals surface area contributed by atoms with Crippen molar-refractivity contribution in [2.75, 3.05) is 14.2 Å². The maximum Gasteiger partial charge on any atom is 0.358 e. The highest BCUT2D eigenvalue weighted by Gasteiger charge is 2.25. The SMILES string of the molecule is COC(=O)c1c(Br)c(C)nn1-c1nc(-c2ccc(F)c(OC)c2)c(SC(C)C)s1. The van der Waals surface area contributed by atoms with Gasteiger partial charge in [-0.25, -0.2) is 14.2 Å². The van der Waals surface area contributed by atoms with Gasteiger partial charge >= 0.3 is 5.97 Å². The highest BCUT2D eigenvalue weighted by molar-refractivity contribution is 9.10. The van der Waals surface area contributed by atoms with Gasteiger partial charge < -0.3 is 9.47 Å². The summed E-state index contributed by atoms with van der Waals surface area (Å²) in [5.41, 5.74) is 2.31. The summed E-state index contributed by atoms with van der Waals surface area (Å²) in [6, 6.07) is 4.63. The van der Waals surface area contributed by atoms with Crippen molar-refractivity contribution in [3.63, 3.8) is 0 Å². The number of nitrogens with zero attached hydrogens (tertiary/aromatic N) is 3. The van der Waals surface area contributed by atoms with Crippen LogP contribution in [0.1, 0.15) is 30.0 Å². The molecule has 0 N–H and O–H groups in total. The summed E-state index contributed by atoms with van der Waals surface area (Å²) in [5.74, 6) is -0.814. The van der Waals surface area contributed by atoms with Gasteiger partial charge in [0.15, 0.2) is 17.3 Å². The number of ether oxygens (including phenoxy) is 2. The highest BCUT2D eigenvalue weighted by Crippen LogP contribution is 2.41. The van der Waals surface area contributed by atoms with Crippen LogP contribution in [-0.2, 0) is 4.74 Å². The number of hydrogen-bond donors (Lipinski definition) is 0. The molecule has 3 aromatic rings. The van der Waals surface area contributed by atoms with E-state index < -0.39 is 11.8 Å². The van der Waals surface area contributed by atoms with Crippen LogP contribution in [0.3, 0.4) is 0 Å². The smallest absolute Gasteiger partial charge is 0.358 e. The van der Waals surface area contributed by atoms with E-state index in [0.717, 1.165) is 9.77 Å². The van der Waals surface area contributed by atoms with Gasteiger partial charge in [-0.1, -0.05) is 25.2 Å². The van der Waals surface area contributed by atoms with E-state index in [0.29, 0.717) is 26.2 Å². The lowest BCUT2D eigenvalue weighted by molar-refractivity contribution is 0.0589. The largest absolute Gasteiger partial charge is 0.494 e. The molecule has 3 rings (SSSR count). The van der Waals surface area contributed by atoms with Gasteiger partial charge in [0.1, 0.15) is 0 Å². The van der Waals surface area contributed by atoms with E-state index in [1.165, 1.54) is 36.3 Å². The van der Waals surface area contributed by atoms with Gasteiger partial charge in [-0.3, -0.25) is 0 Å². The Morgan fingerprint density at radius 1 is 1.34 bits per heavy atom. The van der Waals surface area contributed by atoms with E-state index in [1.54, 1.807) is 30.8 Å². The second-order valence-corrected chi connectivity index (χ2v) is 9.92. The van der Waals surface area contributed by atoms with E-state index in [4.69, 9.17) is 14.5 Å². The summed E-state index contributed by atoms with van der Waals surface area (Å²) < 4.78 is 26.9. The second-order valence-electron chi connectivity index (χ2n) is 6.30. The van der Waals surface area contributed by atoms with Crippen molar-refractivity contribution in [2.24, 2.45) is 0 Å². The summed E-state index contributed by atoms with van der Waals surface area (Å²) >= 11 is 6.45. The number of hydrogen-bond acceptors (Lipinski definition) is 7. The lowest BCUT2D eigenvalue weighted by Crippen LogP contribution is -2.10. The van der Waals surface area contributed by atoms with Crippen LogP contribution < -0.4 is 4.74 Å². The third kappa shape index (κ3) is 4.34. The monoisotopic (exact) mass is 499 g/mol. The standard InChI is InChI=1S/C19H19BrFN3O3S2/c1-9(2)28-18-15(11-6-7-12(21)13(8-11)26-4)22-19(29-18)24-16(17(25)27-5)14(20)10(3)23-24/h6-9H,1-5H3. The zero-order valence-electron chi connectivity index (χ0n) is 16.4. The normalized spacial score (nSPS) is 11.2. The van der Waals surface area contributed by atoms with Gasteiger partial charge in [-0.05, 0) is 41.1 Å². The number of halogens is 2. The van der Waals surface area contributed by atoms with Crippen LogP contribution in [-0.4, -0.2) is 40.2 Å². The topological polar surface area (TPSA) is 66.2 Å². The van der Waals surface area contributed by atoms with Crippen LogP contribution in [0.15, 0.2) is 26.9 Å². The number of methoxy groups -OCH3 is 2. The van der Waals surface area contributed by atoms with E-state index in [-0.39, 0.29) is 11.4 Å². The second kappa shape index (κ2) is 8.85. The number of thioether (sulfide) groups is 1. The number of esters is 1. The Bertz CT molecular complexity index is 1070. The molecule has 0 fully saturated rings. The molecule has 29 heavy (non-hydrogen) atoms. The van der Waals surface area contributed by atoms with Gasteiger partial charge in [0.05, 0.1) is 34.3 Å². The minimum Gasteiger partial charge on any atom is -0.494 e. The molecule has 10 heteroatoms. The molecule has 0 spiro atoms. The minimum atomic E-state index is -0.518. The van der Waals surface area contributed by atoms with E-state index in [2.05, 4.69) is 34.9 Å². The van der Waals surface area contributed by atoms with Gasteiger partial charge in [0.2, 0.25) is 5.13 Å². The van der Waals surface area contributed by atoms with E-state index in [1.807, 2.05) is 0 Å². The molecule has 0 saturated carbocycles. The summed E-state index contributed by atoms with van der Waals surface area (Å²) in [5, 5.41) is 5.26. The fraction of sp³-hybridized carbons (Fsp3) is 0.316. The first kappa shape index (κ1) is 21.8. The van der Waals surface area contributed by atoms with Gasteiger partial charge in [-0.2, -0.15) is 9.78 Å². The molecule has 0 aliphatic heterocycles. The van der Waals surface area contributed by atoms with Crippen LogP contribution in [0.5, 0.6) is 5.75 Å². The maximum atomic E-state index is 13.9. The maximum absolute atomic E-state index is 13.9. The summed E-state index contributed by atoms with van der Waals surface area (Å²) in [6.07, 6.45) is 0. The summed E-state index contributed by atoms with van der Waals surface area (Å²) in [6.45, 7) is 5.94. The molecular weight excluding hydrogens is 481 g/mol. The van der Waals surface area contributed by atoms with Crippen LogP contribution in [0.2, 0.25) is 0 Å². The van der Waals surface area contributed by atoms with Crippen LogP contribution >= 0.6 is 39.0 Å². The number of aromatic nitrogens is 3. The molecule has 0 unspecified atom stereocenters. The molecule has 0 bridgehead atoms. The number of aryl methyl sites for hydroxylation is 1. The number of benzene rings is 1.